The second kappa shape index (κ2) is 5.61. The van der Waals surface area contributed by atoms with Crippen molar-refractivity contribution in [3.63, 3.8) is 0 Å². The zero-order valence-corrected chi connectivity index (χ0v) is 10.2. The molecule has 1 aliphatic rings. The van der Waals surface area contributed by atoms with Crippen molar-refractivity contribution < 1.29 is 17.9 Å². The molecule has 0 radical (unpaired) electrons. The molecule has 18 heavy (non-hydrogen) atoms. The van der Waals surface area contributed by atoms with Crippen molar-refractivity contribution >= 4 is 5.69 Å². The highest BCUT2D eigenvalue weighted by Gasteiger charge is 2.23. The van der Waals surface area contributed by atoms with Crippen LogP contribution in [-0.2, 0) is 4.74 Å². The second-order valence-corrected chi connectivity index (χ2v) is 4.61. The van der Waals surface area contributed by atoms with Crippen molar-refractivity contribution in [1.82, 2.24) is 0 Å². The van der Waals surface area contributed by atoms with Crippen molar-refractivity contribution in [1.29, 1.82) is 0 Å². The third kappa shape index (κ3) is 2.96. The van der Waals surface area contributed by atoms with Gasteiger partial charge >= 0.3 is 0 Å². The molecule has 0 spiro atoms. The Morgan fingerprint density at radius 1 is 1.17 bits per heavy atom. The van der Waals surface area contributed by atoms with Crippen LogP contribution in [0.4, 0.5) is 18.9 Å². The van der Waals surface area contributed by atoms with Crippen molar-refractivity contribution in [3.8, 4) is 0 Å². The summed E-state index contributed by atoms with van der Waals surface area (Å²) < 4.78 is 45.0. The van der Waals surface area contributed by atoms with Gasteiger partial charge in [-0.3, -0.25) is 0 Å². The van der Waals surface area contributed by atoms with Crippen LogP contribution in [0.2, 0.25) is 0 Å². The predicted octanol–water partition coefficient (Wildman–Crippen LogP) is 3.47. The predicted molar refractivity (Wildman–Crippen MR) is 63.0 cm³/mol. The molecule has 1 saturated carbocycles. The van der Waals surface area contributed by atoms with Gasteiger partial charge in [-0.1, -0.05) is 0 Å². The first-order chi connectivity index (χ1) is 8.60. The number of halogens is 3. The summed E-state index contributed by atoms with van der Waals surface area (Å²) in [5.41, 5.74) is -0.252. The van der Waals surface area contributed by atoms with Crippen LogP contribution in [0.1, 0.15) is 25.7 Å². The molecule has 0 heterocycles. The normalized spacial score (nSPS) is 24.0. The summed E-state index contributed by atoms with van der Waals surface area (Å²) in [6.45, 7) is 0. The first-order valence-electron chi connectivity index (χ1n) is 6.04. The molecular formula is C13H16F3NO. The maximum atomic E-state index is 13.5. The first kappa shape index (κ1) is 13.2. The smallest absolute Gasteiger partial charge is 0.152 e. The Hall–Kier alpha value is -1.23. The standard InChI is InChI=1S/C13H16F3NO/c1-18-10-4-2-3-9(7-10)17-13-11(15)5-8(14)6-12(13)16/h5-6,9-10,17H,2-4,7H2,1H3. The summed E-state index contributed by atoms with van der Waals surface area (Å²) in [7, 11) is 1.63. The fourth-order valence-electron chi connectivity index (χ4n) is 2.37. The van der Waals surface area contributed by atoms with E-state index in [4.69, 9.17) is 4.74 Å². The molecule has 0 saturated heterocycles. The Balaban J connectivity index is 2.09. The maximum Gasteiger partial charge on any atom is 0.152 e. The van der Waals surface area contributed by atoms with E-state index >= 15 is 0 Å². The SMILES string of the molecule is COC1CCCC(Nc2c(F)cc(F)cc2F)C1. The number of nitrogens with one attached hydrogen (secondary N) is 1. The number of hydrogen-bond donors (Lipinski definition) is 1. The minimum absolute atomic E-state index is 0.0434. The summed E-state index contributed by atoms with van der Waals surface area (Å²) in [6.07, 6.45) is 3.55. The van der Waals surface area contributed by atoms with Gasteiger partial charge in [0.2, 0.25) is 0 Å². The summed E-state index contributed by atoms with van der Waals surface area (Å²) in [4.78, 5) is 0. The minimum Gasteiger partial charge on any atom is -0.381 e. The Morgan fingerprint density at radius 3 is 2.44 bits per heavy atom. The quantitative estimate of drug-likeness (QED) is 0.897. The highest BCUT2D eigenvalue weighted by molar-refractivity contribution is 5.47. The van der Waals surface area contributed by atoms with Crippen LogP contribution >= 0.6 is 0 Å². The largest absolute Gasteiger partial charge is 0.381 e. The summed E-state index contributed by atoms with van der Waals surface area (Å²) in [5.74, 6) is -2.70. The van der Waals surface area contributed by atoms with E-state index in [0.717, 1.165) is 19.3 Å². The summed E-state index contributed by atoms with van der Waals surface area (Å²) >= 11 is 0. The van der Waals surface area contributed by atoms with Crippen LogP contribution < -0.4 is 5.32 Å². The monoisotopic (exact) mass is 259 g/mol. The van der Waals surface area contributed by atoms with Gasteiger partial charge in [-0.05, 0) is 25.7 Å². The van der Waals surface area contributed by atoms with E-state index in [2.05, 4.69) is 5.32 Å². The third-order valence-electron chi connectivity index (χ3n) is 3.31. The van der Waals surface area contributed by atoms with Crippen LogP contribution in [0.25, 0.3) is 0 Å². The summed E-state index contributed by atoms with van der Waals surface area (Å²) in [6, 6.07) is 1.32. The third-order valence-corrected chi connectivity index (χ3v) is 3.31. The maximum absolute atomic E-state index is 13.5. The van der Waals surface area contributed by atoms with Gasteiger partial charge in [-0.25, -0.2) is 13.2 Å². The van der Waals surface area contributed by atoms with E-state index in [9.17, 15) is 13.2 Å². The Morgan fingerprint density at radius 2 is 1.83 bits per heavy atom. The fourth-order valence-corrected chi connectivity index (χ4v) is 2.37. The summed E-state index contributed by atoms with van der Waals surface area (Å²) in [5, 5.41) is 2.81. The van der Waals surface area contributed by atoms with Crippen molar-refractivity contribution in [2.75, 3.05) is 12.4 Å². The molecule has 1 aromatic carbocycles. The molecule has 0 bridgehead atoms. The van der Waals surface area contributed by atoms with Crippen LogP contribution in [0.3, 0.4) is 0 Å². The van der Waals surface area contributed by atoms with E-state index in [-0.39, 0.29) is 17.8 Å². The Labute approximate surface area is 104 Å². The average molecular weight is 259 g/mol. The van der Waals surface area contributed by atoms with E-state index in [1.165, 1.54) is 0 Å². The lowest BCUT2D eigenvalue weighted by Gasteiger charge is -2.29. The molecule has 2 rings (SSSR count). The van der Waals surface area contributed by atoms with Gasteiger partial charge in [-0.2, -0.15) is 0 Å². The molecule has 0 amide bonds. The van der Waals surface area contributed by atoms with E-state index in [1.54, 1.807) is 7.11 Å². The first-order valence-corrected chi connectivity index (χ1v) is 6.04. The van der Waals surface area contributed by atoms with Gasteiger partial charge in [-0.15, -0.1) is 0 Å². The van der Waals surface area contributed by atoms with Gasteiger partial charge in [0.05, 0.1) is 6.10 Å². The van der Waals surface area contributed by atoms with Gasteiger partial charge < -0.3 is 10.1 Å². The molecule has 2 atom stereocenters. The van der Waals surface area contributed by atoms with E-state index < -0.39 is 17.5 Å². The lowest BCUT2D eigenvalue weighted by molar-refractivity contribution is 0.0668. The van der Waals surface area contributed by atoms with E-state index in [1.807, 2.05) is 0 Å². The van der Waals surface area contributed by atoms with Crippen LogP contribution in [0.5, 0.6) is 0 Å². The van der Waals surface area contributed by atoms with Gasteiger partial charge in [0.1, 0.15) is 11.5 Å². The molecule has 1 fully saturated rings. The zero-order chi connectivity index (χ0) is 13.1. The highest BCUT2D eigenvalue weighted by Crippen LogP contribution is 2.27. The zero-order valence-electron chi connectivity index (χ0n) is 10.2. The number of ether oxygens (including phenoxy) is 1. The van der Waals surface area contributed by atoms with Crippen molar-refractivity contribution in [2.24, 2.45) is 0 Å². The molecule has 100 valence electrons. The van der Waals surface area contributed by atoms with Gasteiger partial charge in [0, 0.05) is 25.3 Å². The fraction of sp³-hybridized carbons (Fsp3) is 0.538. The second-order valence-electron chi connectivity index (χ2n) is 4.61. The van der Waals surface area contributed by atoms with Crippen LogP contribution in [0.15, 0.2) is 12.1 Å². The van der Waals surface area contributed by atoms with Gasteiger partial charge in [0.25, 0.3) is 0 Å². The van der Waals surface area contributed by atoms with Crippen LogP contribution in [-0.4, -0.2) is 19.3 Å². The average Bonchev–Trinajstić information content (AvgIpc) is 2.34. The molecule has 0 aliphatic heterocycles. The van der Waals surface area contributed by atoms with Gasteiger partial charge in [0.15, 0.2) is 11.6 Å². The lowest BCUT2D eigenvalue weighted by atomic mass is 9.92. The number of methoxy groups -OCH3 is 1. The molecular weight excluding hydrogens is 243 g/mol. The number of hydrogen-bond acceptors (Lipinski definition) is 2. The molecule has 1 aromatic rings. The lowest BCUT2D eigenvalue weighted by Crippen LogP contribution is -2.31. The topological polar surface area (TPSA) is 21.3 Å². The molecule has 0 aromatic heterocycles. The molecule has 1 N–H and O–H groups in total. The van der Waals surface area contributed by atoms with Crippen molar-refractivity contribution in [3.05, 3.63) is 29.6 Å². The van der Waals surface area contributed by atoms with Crippen molar-refractivity contribution in [2.45, 2.75) is 37.8 Å². The Kier molecular flexibility index (Phi) is 4.11. The number of benzene rings is 1. The van der Waals surface area contributed by atoms with E-state index in [0.29, 0.717) is 18.6 Å². The minimum atomic E-state index is -0.908. The molecule has 5 heteroatoms. The highest BCUT2D eigenvalue weighted by atomic mass is 19.1. The number of anilines is 1. The molecule has 1 aliphatic carbocycles. The Bertz CT molecular complexity index is 402. The number of rotatable bonds is 3. The van der Waals surface area contributed by atoms with Crippen LogP contribution in [0, 0.1) is 17.5 Å². The molecule has 2 unspecified atom stereocenters. The molecule has 2 nitrogen and oxygen atoms in total.